The highest BCUT2D eigenvalue weighted by Crippen LogP contribution is 2.20. The number of carbonyl (C=O) groups is 2. The second-order valence-electron chi connectivity index (χ2n) is 11.0. The van der Waals surface area contributed by atoms with Crippen molar-refractivity contribution in [1.82, 2.24) is 20.1 Å². The number of carboxylic acids is 1. The zero-order valence-corrected chi connectivity index (χ0v) is 24.3. The van der Waals surface area contributed by atoms with E-state index in [1.165, 1.54) is 5.56 Å². The van der Waals surface area contributed by atoms with Crippen LogP contribution < -0.4 is 10.6 Å². The number of nitrogens with zero attached hydrogens (tertiary/aromatic N) is 3. The molecule has 1 atom stereocenters. The number of hydrogen-bond donors (Lipinski definition) is 3. The van der Waals surface area contributed by atoms with Crippen molar-refractivity contribution in [3.8, 4) is 0 Å². The number of pyridine rings is 1. The molecule has 0 aliphatic carbocycles. The Kier molecular flexibility index (Phi) is 14.4. The Balaban J connectivity index is 1.88. The molecule has 0 aromatic carbocycles. The lowest BCUT2D eigenvalue weighted by molar-refractivity contribution is -0.139. The molecule has 1 aromatic rings. The monoisotopic (exact) mass is 533 g/mol. The molecule has 1 aliphatic heterocycles. The van der Waals surface area contributed by atoms with Crippen LogP contribution in [0.15, 0.2) is 12.1 Å². The van der Waals surface area contributed by atoms with Crippen molar-refractivity contribution in [2.75, 3.05) is 51.2 Å². The van der Waals surface area contributed by atoms with Crippen molar-refractivity contribution >= 4 is 17.8 Å². The summed E-state index contributed by atoms with van der Waals surface area (Å²) in [6.07, 6.45) is 6.49. The molecule has 9 nitrogen and oxygen atoms in total. The minimum atomic E-state index is -0.996. The molecule has 1 unspecified atom stereocenters. The molecule has 0 saturated heterocycles. The average molecular weight is 534 g/mol. The summed E-state index contributed by atoms with van der Waals surface area (Å²) in [7, 11) is 0. The molecule has 38 heavy (non-hydrogen) atoms. The Bertz CT molecular complexity index is 848. The van der Waals surface area contributed by atoms with E-state index in [4.69, 9.17) is 9.72 Å². The number of fused-ring (bicyclic) bond motifs is 1. The standard InChI is InChI=1S/C29H51N5O4/c1-6-16-34(21-22(2)3)29(37)32-26(28(35)36)14-18-33(19-20-38-23(4)5)17-8-7-11-25-13-12-24-10-9-15-30-27(24)31-25/h12-13,22-23,26H,6-11,14-21H2,1-5H3,(H,30,31)(H,32,37)(H,35,36). The van der Waals surface area contributed by atoms with E-state index >= 15 is 0 Å². The number of carbonyl (C=O) groups excluding carboxylic acids is 1. The molecule has 0 saturated carbocycles. The Hall–Kier alpha value is -2.39. The van der Waals surface area contributed by atoms with E-state index in [0.29, 0.717) is 38.6 Å². The van der Waals surface area contributed by atoms with E-state index < -0.39 is 12.0 Å². The van der Waals surface area contributed by atoms with E-state index in [1.54, 1.807) is 4.90 Å². The van der Waals surface area contributed by atoms with Crippen molar-refractivity contribution in [3.63, 3.8) is 0 Å². The summed E-state index contributed by atoms with van der Waals surface area (Å²) >= 11 is 0. The first kappa shape index (κ1) is 31.8. The van der Waals surface area contributed by atoms with Gasteiger partial charge in [-0.15, -0.1) is 0 Å². The van der Waals surface area contributed by atoms with Crippen LogP contribution in [0.2, 0.25) is 0 Å². The first-order valence-electron chi connectivity index (χ1n) is 14.5. The van der Waals surface area contributed by atoms with Gasteiger partial charge in [-0.25, -0.2) is 14.6 Å². The molecule has 2 amide bonds. The Morgan fingerprint density at radius 2 is 1.92 bits per heavy atom. The Morgan fingerprint density at radius 3 is 2.61 bits per heavy atom. The second kappa shape index (κ2) is 17.2. The number of hydrogen-bond acceptors (Lipinski definition) is 6. The largest absolute Gasteiger partial charge is 0.480 e. The van der Waals surface area contributed by atoms with Gasteiger partial charge in [-0.1, -0.05) is 26.8 Å². The number of aliphatic carboxylic acids is 1. The molecular formula is C29H51N5O4. The van der Waals surface area contributed by atoms with Crippen molar-refractivity contribution in [1.29, 1.82) is 0 Å². The van der Waals surface area contributed by atoms with Crippen molar-refractivity contribution in [3.05, 3.63) is 23.4 Å². The van der Waals surface area contributed by atoms with Gasteiger partial charge in [0.15, 0.2) is 0 Å². The number of ether oxygens (including phenoxy) is 1. The average Bonchev–Trinajstić information content (AvgIpc) is 2.87. The molecular weight excluding hydrogens is 482 g/mol. The smallest absolute Gasteiger partial charge is 0.326 e. The predicted octanol–water partition coefficient (Wildman–Crippen LogP) is 4.41. The van der Waals surface area contributed by atoms with Crippen LogP contribution in [0, 0.1) is 5.92 Å². The van der Waals surface area contributed by atoms with E-state index in [1.807, 2.05) is 20.8 Å². The maximum absolute atomic E-state index is 12.8. The first-order chi connectivity index (χ1) is 18.2. The summed E-state index contributed by atoms with van der Waals surface area (Å²) in [6, 6.07) is 3.12. The third kappa shape index (κ3) is 12.0. The van der Waals surface area contributed by atoms with Crippen LogP contribution in [0.1, 0.15) is 78.0 Å². The van der Waals surface area contributed by atoms with Gasteiger partial charge in [-0.3, -0.25) is 0 Å². The SMILES string of the molecule is CCCN(CC(C)C)C(=O)NC(CCN(CCCCc1ccc2c(n1)NCCC2)CCOC(C)C)C(=O)O. The first-order valence-corrected chi connectivity index (χ1v) is 14.5. The number of aromatic nitrogens is 1. The minimum Gasteiger partial charge on any atom is -0.480 e. The molecule has 2 heterocycles. The minimum absolute atomic E-state index is 0.150. The summed E-state index contributed by atoms with van der Waals surface area (Å²) in [5, 5.41) is 16.0. The van der Waals surface area contributed by atoms with E-state index in [-0.39, 0.29) is 12.1 Å². The topological polar surface area (TPSA) is 107 Å². The Morgan fingerprint density at radius 1 is 1.13 bits per heavy atom. The number of rotatable bonds is 18. The van der Waals surface area contributed by atoms with Crippen molar-refractivity contribution < 1.29 is 19.4 Å². The second-order valence-corrected chi connectivity index (χ2v) is 11.0. The van der Waals surface area contributed by atoms with Crippen LogP contribution in [-0.2, 0) is 22.4 Å². The predicted molar refractivity (Wildman–Crippen MR) is 153 cm³/mol. The lowest BCUT2D eigenvalue weighted by Crippen LogP contribution is -2.50. The van der Waals surface area contributed by atoms with Crippen LogP contribution in [-0.4, -0.2) is 89.9 Å². The highest BCUT2D eigenvalue weighted by molar-refractivity contribution is 5.82. The van der Waals surface area contributed by atoms with Gasteiger partial charge in [0, 0.05) is 38.4 Å². The van der Waals surface area contributed by atoms with Gasteiger partial charge in [0.05, 0.1) is 12.7 Å². The zero-order valence-electron chi connectivity index (χ0n) is 24.3. The van der Waals surface area contributed by atoms with Gasteiger partial charge in [-0.2, -0.15) is 0 Å². The number of nitrogens with one attached hydrogen (secondary N) is 2. The number of carboxylic acid groups (broad SMARTS) is 1. The molecule has 0 fully saturated rings. The number of anilines is 1. The molecule has 0 bridgehead atoms. The van der Waals surface area contributed by atoms with Crippen molar-refractivity contribution in [2.24, 2.45) is 5.92 Å². The highest BCUT2D eigenvalue weighted by Gasteiger charge is 2.24. The number of amides is 2. The number of urea groups is 1. The van der Waals surface area contributed by atoms with Crippen molar-refractivity contribution in [2.45, 2.75) is 91.7 Å². The number of aryl methyl sites for hydroxylation is 2. The maximum Gasteiger partial charge on any atom is 0.326 e. The maximum atomic E-state index is 12.8. The molecule has 3 N–H and O–H groups in total. The van der Waals surface area contributed by atoms with Crippen LogP contribution in [0.3, 0.4) is 0 Å². The molecule has 1 aliphatic rings. The number of unbranched alkanes of at least 4 members (excludes halogenated alkanes) is 1. The quantitative estimate of drug-likeness (QED) is 0.240. The molecule has 216 valence electrons. The summed E-state index contributed by atoms with van der Waals surface area (Å²) in [5.41, 5.74) is 2.41. The van der Waals surface area contributed by atoms with Gasteiger partial charge in [0.25, 0.3) is 0 Å². The van der Waals surface area contributed by atoms with Gasteiger partial charge < -0.3 is 30.3 Å². The molecule has 0 spiro atoms. The highest BCUT2D eigenvalue weighted by atomic mass is 16.5. The fourth-order valence-electron chi connectivity index (χ4n) is 4.70. The lowest BCUT2D eigenvalue weighted by Gasteiger charge is -2.28. The van der Waals surface area contributed by atoms with E-state index in [0.717, 1.165) is 69.7 Å². The van der Waals surface area contributed by atoms with Crippen LogP contribution in [0.5, 0.6) is 0 Å². The molecule has 9 heteroatoms. The lowest BCUT2D eigenvalue weighted by atomic mass is 10.1. The fraction of sp³-hybridized carbons (Fsp3) is 0.759. The van der Waals surface area contributed by atoms with E-state index in [9.17, 15) is 14.7 Å². The third-order valence-corrected chi connectivity index (χ3v) is 6.66. The summed E-state index contributed by atoms with van der Waals surface area (Å²) in [5.74, 6) is 0.360. The van der Waals surface area contributed by atoms with Gasteiger partial charge in [-0.05, 0) is 82.9 Å². The molecule has 1 aromatic heterocycles. The summed E-state index contributed by atoms with van der Waals surface area (Å²) in [4.78, 5) is 33.6. The fourth-order valence-corrected chi connectivity index (χ4v) is 4.70. The van der Waals surface area contributed by atoms with Gasteiger partial charge in [0.1, 0.15) is 11.9 Å². The van der Waals surface area contributed by atoms with E-state index in [2.05, 4.69) is 41.5 Å². The Labute approximate surface area is 229 Å². The van der Waals surface area contributed by atoms with Crippen LogP contribution >= 0.6 is 0 Å². The van der Waals surface area contributed by atoms with Crippen LogP contribution in [0.4, 0.5) is 10.6 Å². The summed E-state index contributed by atoms with van der Waals surface area (Å²) in [6.45, 7) is 15.1. The molecule has 2 rings (SSSR count). The van der Waals surface area contributed by atoms with Crippen LogP contribution in [0.25, 0.3) is 0 Å². The summed E-state index contributed by atoms with van der Waals surface area (Å²) < 4.78 is 5.76. The normalized spacial score (nSPS) is 13.9. The van der Waals surface area contributed by atoms with Gasteiger partial charge >= 0.3 is 12.0 Å². The van der Waals surface area contributed by atoms with Gasteiger partial charge in [0.2, 0.25) is 0 Å². The zero-order chi connectivity index (χ0) is 27.9. The third-order valence-electron chi connectivity index (χ3n) is 6.66. The molecule has 0 radical (unpaired) electrons.